The highest BCUT2D eigenvalue weighted by Gasteiger charge is 2.23. The summed E-state index contributed by atoms with van der Waals surface area (Å²) < 4.78 is 12.4. The van der Waals surface area contributed by atoms with Gasteiger partial charge in [0.2, 0.25) is 0 Å². The van der Waals surface area contributed by atoms with Gasteiger partial charge in [-0.25, -0.2) is 0 Å². The van der Waals surface area contributed by atoms with Crippen LogP contribution in [0.4, 0.5) is 11.4 Å². The predicted octanol–water partition coefficient (Wildman–Crippen LogP) is 7.26. The van der Waals surface area contributed by atoms with Gasteiger partial charge in [0, 0.05) is 45.4 Å². The molecule has 2 aliphatic rings. The van der Waals surface area contributed by atoms with Gasteiger partial charge >= 0.3 is 0 Å². The normalized spacial score (nSPS) is 14.6. The third-order valence-electron chi connectivity index (χ3n) is 6.92. The van der Waals surface area contributed by atoms with E-state index in [4.69, 9.17) is 9.47 Å². The minimum atomic E-state index is 0.540. The summed E-state index contributed by atoms with van der Waals surface area (Å²) in [5, 5.41) is 0. The minimum absolute atomic E-state index is 0.540. The van der Waals surface area contributed by atoms with Crippen molar-refractivity contribution in [3.8, 4) is 22.6 Å². The monoisotopic (exact) mass is 512 g/mol. The summed E-state index contributed by atoms with van der Waals surface area (Å²) in [6.07, 6.45) is 0. The first-order valence-electron chi connectivity index (χ1n) is 12.1. The predicted molar refractivity (Wildman–Crippen MR) is 152 cm³/mol. The molecule has 36 heavy (non-hydrogen) atoms. The van der Waals surface area contributed by atoms with Gasteiger partial charge < -0.3 is 19.3 Å². The van der Waals surface area contributed by atoms with Gasteiger partial charge in [0.25, 0.3) is 0 Å². The standard InChI is InChI=1S/C30H28N2O2S2/c1-19-11-21(13-23-15-31(17-33-29(19)23)25-3-7-27(35)8-4-25)22-12-20(2)30-24(14-22)16-32(18-34-30)26-5-9-28(36)10-6-26/h3-14,35-36H,15-18H2,1-2H3. The van der Waals surface area contributed by atoms with Crippen LogP contribution in [0.1, 0.15) is 22.3 Å². The first-order valence-corrected chi connectivity index (χ1v) is 12.9. The molecule has 0 fully saturated rings. The zero-order chi connectivity index (χ0) is 24.8. The molecule has 0 saturated heterocycles. The summed E-state index contributed by atoms with van der Waals surface area (Å²) in [5.41, 5.74) is 9.39. The van der Waals surface area contributed by atoms with Crippen LogP contribution in [0.15, 0.2) is 82.6 Å². The van der Waals surface area contributed by atoms with Gasteiger partial charge in [0.1, 0.15) is 11.5 Å². The van der Waals surface area contributed by atoms with Crippen molar-refractivity contribution in [2.75, 3.05) is 23.3 Å². The number of anilines is 2. The maximum atomic E-state index is 6.20. The Morgan fingerprint density at radius 2 is 0.972 bits per heavy atom. The first kappa shape index (κ1) is 23.2. The highest BCUT2D eigenvalue weighted by molar-refractivity contribution is 7.80. The summed E-state index contributed by atoms with van der Waals surface area (Å²) >= 11 is 8.83. The van der Waals surface area contributed by atoms with Crippen LogP contribution in [-0.2, 0) is 13.1 Å². The van der Waals surface area contributed by atoms with Crippen LogP contribution in [0.25, 0.3) is 11.1 Å². The third-order valence-corrected chi connectivity index (χ3v) is 7.51. The molecule has 0 spiro atoms. The minimum Gasteiger partial charge on any atom is -0.472 e. The van der Waals surface area contributed by atoms with E-state index in [0.29, 0.717) is 13.5 Å². The molecule has 0 radical (unpaired) electrons. The fraction of sp³-hybridized carbons (Fsp3) is 0.200. The lowest BCUT2D eigenvalue weighted by Crippen LogP contribution is -2.32. The summed E-state index contributed by atoms with van der Waals surface area (Å²) in [6.45, 7) is 6.95. The zero-order valence-corrected chi connectivity index (χ0v) is 22.2. The number of hydrogen-bond donors (Lipinski definition) is 2. The molecule has 0 atom stereocenters. The molecule has 6 rings (SSSR count). The van der Waals surface area contributed by atoms with Gasteiger partial charge in [0.15, 0.2) is 13.5 Å². The van der Waals surface area contributed by atoms with Crippen LogP contribution in [-0.4, -0.2) is 13.5 Å². The molecule has 182 valence electrons. The molecule has 0 unspecified atom stereocenters. The van der Waals surface area contributed by atoms with E-state index in [1.807, 2.05) is 24.3 Å². The van der Waals surface area contributed by atoms with Crippen LogP contribution in [0, 0.1) is 13.8 Å². The van der Waals surface area contributed by atoms with E-state index in [-0.39, 0.29) is 0 Å². The highest BCUT2D eigenvalue weighted by atomic mass is 32.1. The number of benzene rings is 4. The van der Waals surface area contributed by atoms with Gasteiger partial charge in [-0.15, -0.1) is 25.3 Å². The number of hydrogen-bond acceptors (Lipinski definition) is 6. The van der Waals surface area contributed by atoms with E-state index in [0.717, 1.165) is 56.9 Å². The number of thiol groups is 2. The molecule has 0 aromatic heterocycles. The number of aryl methyl sites for hydroxylation is 2. The SMILES string of the molecule is Cc1cc(-c2cc(C)c3c(c2)CN(c2ccc(S)cc2)CO3)cc2c1OCN(c1ccc(S)cc1)C2. The van der Waals surface area contributed by atoms with Crippen LogP contribution in [0.2, 0.25) is 0 Å². The average Bonchev–Trinajstić information content (AvgIpc) is 2.89. The maximum Gasteiger partial charge on any atom is 0.161 e. The van der Waals surface area contributed by atoms with E-state index < -0.39 is 0 Å². The van der Waals surface area contributed by atoms with Crippen molar-refractivity contribution in [2.24, 2.45) is 0 Å². The molecule has 0 bridgehead atoms. The van der Waals surface area contributed by atoms with Crippen molar-refractivity contribution in [1.29, 1.82) is 0 Å². The molecule has 0 aliphatic carbocycles. The molecule has 6 heteroatoms. The maximum absolute atomic E-state index is 6.20. The molecule has 4 nitrogen and oxygen atoms in total. The van der Waals surface area contributed by atoms with Crippen LogP contribution >= 0.6 is 25.3 Å². The fourth-order valence-corrected chi connectivity index (χ4v) is 5.42. The van der Waals surface area contributed by atoms with E-state index in [1.54, 1.807) is 0 Å². The van der Waals surface area contributed by atoms with E-state index in [9.17, 15) is 0 Å². The molecule has 2 aliphatic heterocycles. The number of nitrogens with zero attached hydrogens (tertiary/aromatic N) is 2. The van der Waals surface area contributed by atoms with Crippen LogP contribution in [0.3, 0.4) is 0 Å². The summed E-state index contributed by atoms with van der Waals surface area (Å²) in [5.74, 6) is 2.00. The lowest BCUT2D eigenvalue weighted by Gasteiger charge is -2.33. The quantitative estimate of drug-likeness (QED) is 0.282. The molecule has 0 amide bonds. The smallest absolute Gasteiger partial charge is 0.161 e. The lowest BCUT2D eigenvalue weighted by atomic mass is 9.94. The second kappa shape index (κ2) is 9.34. The molecular weight excluding hydrogens is 484 g/mol. The van der Waals surface area contributed by atoms with Crippen LogP contribution < -0.4 is 19.3 Å². The topological polar surface area (TPSA) is 24.9 Å². The van der Waals surface area contributed by atoms with Crippen molar-refractivity contribution in [1.82, 2.24) is 0 Å². The van der Waals surface area contributed by atoms with Gasteiger partial charge in [-0.05, 0) is 109 Å². The van der Waals surface area contributed by atoms with Gasteiger partial charge in [-0.1, -0.05) is 0 Å². The van der Waals surface area contributed by atoms with Gasteiger partial charge in [0.05, 0.1) is 0 Å². The summed E-state index contributed by atoms with van der Waals surface area (Å²) in [4.78, 5) is 6.41. The van der Waals surface area contributed by atoms with Crippen molar-refractivity contribution in [3.05, 3.63) is 95.1 Å². The Labute approximate surface area is 223 Å². The zero-order valence-electron chi connectivity index (χ0n) is 20.4. The van der Waals surface area contributed by atoms with Crippen molar-refractivity contribution in [3.63, 3.8) is 0 Å². The lowest BCUT2D eigenvalue weighted by molar-refractivity contribution is 0.287. The summed E-state index contributed by atoms with van der Waals surface area (Å²) in [7, 11) is 0. The van der Waals surface area contributed by atoms with Gasteiger partial charge in [-0.2, -0.15) is 0 Å². The molecule has 0 saturated carbocycles. The number of rotatable bonds is 3. The Hall–Kier alpha value is -3.22. The Morgan fingerprint density at radius 1 is 0.583 bits per heavy atom. The first-order chi connectivity index (χ1) is 17.4. The average molecular weight is 513 g/mol. The van der Waals surface area contributed by atoms with E-state index in [2.05, 4.69) is 97.4 Å². The Bertz CT molecular complexity index is 1320. The van der Waals surface area contributed by atoms with E-state index >= 15 is 0 Å². The second-order valence-corrected chi connectivity index (χ2v) is 10.6. The van der Waals surface area contributed by atoms with Gasteiger partial charge in [-0.3, -0.25) is 0 Å². The van der Waals surface area contributed by atoms with Crippen molar-refractivity contribution >= 4 is 36.6 Å². The second-order valence-electron chi connectivity index (χ2n) is 9.54. The third kappa shape index (κ3) is 4.40. The molecule has 4 aromatic carbocycles. The highest BCUT2D eigenvalue weighted by Crippen LogP contribution is 2.39. The fourth-order valence-electron chi connectivity index (χ4n) is 5.12. The number of ether oxygens (including phenoxy) is 2. The molecule has 2 heterocycles. The van der Waals surface area contributed by atoms with Crippen molar-refractivity contribution < 1.29 is 9.47 Å². The number of fused-ring (bicyclic) bond motifs is 2. The Morgan fingerprint density at radius 3 is 1.36 bits per heavy atom. The summed E-state index contributed by atoms with van der Waals surface area (Å²) in [6, 6.07) is 25.5. The Balaban J connectivity index is 1.32. The van der Waals surface area contributed by atoms with E-state index in [1.165, 1.54) is 22.3 Å². The van der Waals surface area contributed by atoms with Crippen LogP contribution in [0.5, 0.6) is 11.5 Å². The largest absolute Gasteiger partial charge is 0.472 e. The Kier molecular flexibility index (Phi) is 6.02. The molecular formula is C30H28N2O2S2. The molecule has 4 aromatic rings. The van der Waals surface area contributed by atoms with Crippen molar-refractivity contribution in [2.45, 2.75) is 36.7 Å². The molecule has 0 N–H and O–H groups in total.